The Balaban J connectivity index is 3.85. The molecule has 0 unspecified atom stereocenters. The topological polar surface area (TPSA) is 49.6 Å². The quantitative estimate of drug-likeness (QED) is 0.661. The highest BCUT2D eigenvalue weighted by Crippen LogP contribution is 2.03. The highest BCUT2D eigenvalue weighted by molar-refractivity contribution is 5.75. The maximum Gasteiger partial charge on any atom is 0.222 e. The minimum Gasteiger partial charge on any atom is -0.349 e. The summed E-state index contributed by atoms with van der Waals surface area (Å²) in [7, 11) is 3.62. The second-order valence-electron chi connectivity index (χ2n) is 5.23. The van der Waals surface area contributed by atoms with Crippen LogP contribution in [0.5, 0.6) is 0 Å². The molecule has 0 spiro atoms. The normalized spacial score (nSPS) is 11.2. The van der Waals surface area contributed by atoms with Crippen LogP contribution >= 0.6 is 0 Å². The fraction of sp³-hybridized carbons (Fsp3) is 0.923. The van der Waals surface area contributed by atoms with Gasteiger partial charge in [0.25, 0.3) is 0 Å². The molecule has 102 valence electrons. The molecule has 4 heteroatoms. The van der Waals surface area contributed by atoms with Gasteiger partial charge in [-0.2, -0.15) is 0 Å². The number of carbonyl (C=O) groups is 1. The van der Waals surface area contributed by atoms with E-state index in [4.69, 9.17) is 5.73 Å². The Bertz CT molecular complexity index is 205. The third-order valence-electron chi connectivity index (χ3n) is 2.67. The minimum atomic E-state index is 0.216. The number of rotatable bonds is 9. The molecule has 0 heterocycles. The molecule has 0 saturated carbocycles. The van der Waals surface area contributed by atoms with E-state index < -0.39 is 0 Å². The van der Waals surface area contributed by atoms with Crippen LogP contribution in [0.25, 0.3) is 0 Å². The van der Waals surface area contributed by atoms with Crippen molar-refractivity contribution < 1.29 is 4.79 Å². The number of amides is 1. The van der Waals surface area contributed by atoms with Crippen LogP contribution in [-0.2, 0) is 4.79 Å². The molecule has 0 aliphatic rings. The van der Waals surface area contributed by atoms with Gasteiger partial charge in [-0.3, -0.25) is 4.79 Å². The van der Waals surface area contributed by atoms with E-state index in [1.165, 1.54) is 0 Å². The standard InChI is InChI=1S/C13H29N3O/c1-12(2)11-16(10-6-8-14)9-5-7-13(17)15(3)4/h12H,5-11,14H2,1-4H3. The van der Waals surface area contributed by atoms with Crippen LogP contribution in [0.15, 0.2) is 0 Å². The Hall–Kier alpha value is -0.610. The van der Waals surface area contributed by atoms with Crippen molar-refractivity contribution in [3.8, 4) is 0 Å². The number of hydrogen-bond donors (Lipinski definition) is 1. The first-order valence-electron chi connectivity index (χ1n) is 6.60. The van der Waals surface area contributed by atoms with Crippen molar-refractivity contribution in [2.45, 2.75) is 33.1 Å². The molecule has 0 radical (unpaired) electrons. The third-order valence-corrected chi connectivity index (χ3v) is 2.67. The van der Waals surface area contributed by atoms with E-state index in [0.29, 0.717) is 12.3 Å². The average molecular weight is 243 g/mol. The molecular formula is C13H29N3O. The summed E-state index contributed by atoms with van der Waals surface area (Å²) in [6.45, 7) is 8.32. The first-order chi connectivity index (χ1) is 7.97. The summed E-state index contributed by atoms with van der Waals surface area (Å²) in [6, 6.07) is 0. The van der Waals surface area contributed by atoms with Crippen molar-refractivity contribution in [1.29, 1.82) is 0 Å². The zero-order valence-corrected chi connectivity index (χ0v) is 11.9. The van der Waals surface area contributed by atoms with Crippen molar-refractivity contribution in [1.82, 2.24) is 9.80 Å². The van der Waals surface area contributed by atoms with E-state index in [0.717, 1.165) is 39.0 Å². The van der Waals surface area contributed by atoms with Crippen molar-refractivity contribution in [2.24, 2.45) is 11.7 Å². The molecule has 0 rings (SSSR count). The second kappa shape index (κ2) is 9.42. The van der Waals surface area contributed by atoms with Gasteiger partial charge in [0, 0.05) is 27.1 Å². The summed E-state index contributed by atoms with van der Waals surface area (Å²) < 4.78 is 0. The average Bonchev–Trinajstić information content (AvgIpc) is 2.24. The zero-order valence-electron chi connectivity index (χ0n) is 11.9. The molecule has 0 aromatic heterocycles. The highest BCUT2D eigenvalue weighted by Gasteiger charge is 2.09. The first kappa shape index (κ1) is 16.4. The minimum absolute atomic E-state index is 0.216. The molecule has 0 aromatic rings. The number of nitrogens with two attached hydrogens (primary N) is 1. The van der Waals surface area contributed by atoms with E-state index in [9.17, 15) is 4.79 Å². The Labute approximate surface area is 106 Å². The van der Waals surface area contributed by atoms with Gasteiger partial charge in [0.15, 0.2) is 0 Å². The molecule has 0 aliphatic carbocycles. The van der Waals surface area contributed by atoms with Gasteiger partial charge in [-0.25, -0.2) is 0 Å². The second-order valence-corrected chi connectivity index (χ2v) is 5.23. The van der Waals surface area contributed by atoms with E-state index in [-0.39, 0.29) is 5.91 Å². The predicted octanol–water partition coefficient (Wildman–Crippen LogP) is 1.16. The van der Waals surface area contributed by atoms with Crippen molar-refractivity contribution in [2.75, 3.05) is 40.3 Å². The van der Waals surface area contributed by atoms with Gasteiger partial charge in [0.1, 0.15) is 0 Å². The monoisotopic (exact) mass is 243 g/mol. The molecule has 0 aliphatic heterocycles. The summed E-state index contributed by atoms with van der Waals surface area (Å²) in [5, 5.41) is 0. The van der Waals surface area contributed by atoms with Crippen molar-refractivity contribution in [3.05, 3.63) is 0 Å². The molecule has 0 bridgehead atoms. The maximum absolute atomic E-state index is 11.4. The van der Waals surface area contributed by atoms with E-state index in [1.807, 2.05) is 14.1 Å². The van der Waals surface area contributed by atoms with Crippen LogP contribution in [0.3, 0.4) is 0 Å². The third kappa shape index (κ3) is 9.12. The van der Waals surface area contributed by atoms with Gasteiger partial charge >= 0.3 is 0 Å². The Morgan fingerprint density at radius 3 is 2.24 bits per heavy atom. The highest BCUT2D eigenvalue weighted by atomic mass is 16.2. The summed E-state index contributed by atoms with van der Waals surface area (Å²) in [6.07, 6.45) is 2.62. The van der Waals surface area contributed by atoms with Gasteiger partial charge in [-0.1, -0.05) is 13.8 Å². The number of carbonyl (C=O) groups excluding carboxylic acids is 1. The molecule has 2 N–H and O–H groups in total. The fourth-order valence-corrected chi connectivity index (χ4v) is 1.80. The van der Waals surface area contributed by atoms with Crippen LogP contribution in [0, 0.1) is 5.92 Å². The van der Waals surface area contributed by atoms with E-state index in [2.05, 4.69) is 18.7 Å². The number of hydrogen-bond acceptors (Lipinski definition) is 3. The lowest BCUT2D eigenvalue weighted by atomic mass is 10.2. The molecular weight excluding hydrogens is 214 g/mol. The van der Waals surface area contributed by atoms with Crippen LogP contribution in [0.2, 0.25) is 0 Å². The molecule has 0 fully saturated rings. The zero-order chi connectivity index (χ0) is 13.3. The van der Waals surface area contributed by atoms with Gasteiger partial charge in [0.2, 0.25) is 5.91 Å². The SMILES string of the molecule is CC(C)CN(CCCN)CCCC(=O)N(C)C. The van der Waals surface area contributed by atoms with Crippen LogP contribution < -0.4 is 5.73 Å². The lowest BCUT2D eigenvalue weighted by molar-refractivity contribution is -0.128. The van der Waals surface area contributed by atoms with Crippen LogP contribution in [0.4, 0.5) is 0 Å². The Kier molecular flexibility index (Phi) is 9.09. The largest absolute Gasteiger partial charge is 0.349 e. The van der Waals surface area contributed by atoms with Crippen LogP contribution in [0.1, 0.15) is 33.1 Å². The molecule has 0 aromatic carbocycles. The molecule has 17 heavy (non-hydrogen) atoms. The molecule has 4 nitrogen and oxygen atoms in total. The predicted molar refractivity (Wildman–Crippen MR) is 72.9 cm³/mol. The van der Waals surface area contributed by atoms with E-state index >= 15 is 0 Å². The number of nitrogens with zero attached hydrogens (tertiary/aromatic N) is 2. The summed E-state index contributed by atoms with van der Waals surface area (Å²) in [5.74, 6) is 0.880. The fourth-order valence-electron chi connectivity index (χ4n) is 1.80. The van der Waals surface area contributed by atoms with Crippen molar-refractivity contribution >= 4 is 5.91 Å². The summed E-state index contributed by atoms with van der Waals surface area (Å²) in [4.78, 5) is 15.5. The van der Waals surface area contributed by atoms with E-state index in [1.54, 1.807) is 4.90 Å². The lowest BCUT2D eigenvalue weighted by Crippen LogP contribution is -2.32. The van der Waals surface area contributed by atoms with Gasteiger partial charge in [-0.05, 0) is 38.4 Å². The van der Waals surface area contributed by atoms with Gasteiger partial charge in [0.05, 0.1) is 0 Å². The van der Waals surface area contributed by atoms with Gasteiger partial charge < -0.3 is 15.5 Å². The molecule has 0 saturated heterocycles. The molecule has 1 amide bonds. The summed E-state index contributed by atoms with van der Waals surface area (Å²) in [5.41, 5.74) is 5.54. The maximum atomic E-state index is 11.4. The molecule has 0 atom stereocenters. The summed E-state index contributed by atoms with van der Waals surface area (Å²) >= 11 is 0. The Morgan fingerprint density at radius 2 is 1.76 bits per heavy atom. The Morgan fingerprint density at radius 1 is 1.18 bits per heavy atom. The van der Waals surface area contributed by atoms with Crippen LogP contribution in [-0.4, -0.2) is 56.0 Å². The van der Waals surface area contributed by atoms with Crippen molar-refractivity contribution in [3.63, 3.8) is 0 Å². The first-order valence-corrected chi connectivity index (χ1v) is 6.60. The van der Waals surface area contributed by atoms with Gasteiger partial charge in [-0.15, -0.1) is 0 Å². The smallest absolute Gasteiger partial charge is 0.222 e. The lowest BCUT2D eigenvalue weighted by Gasteiger charge is -2.24.